The lowest BCUT2D eigenvalue weighted by Gasteiger charge is -2.27. The predicted molar refractivity (Wildman–Crippen MR) is 101 cm³/mol. The lowest BCUT2D eigenvalue weighted by atomic mass is 9.99. The molecule has 2 aliphatic rings. The molecule has 0 aromatic carbocycles. The van der Waals surface area contributed by atoms with Crippen LogP contribution in [0.4, 0.5) is 0 Å². The lowest BCUT2D eigenvalue weighted by Crippen LogP contribution is -2.45. The van der Waals surface area contributed by atoms with Crippen molar-refractivity contribution in [3.8, 4) is 0 Å². The number of halogens is 1. The first-order valence-corrected chi connectivity index (χ1v) is 8.91. The first kappa shape index (κ1) is 18.2. The van der Waals surface area contributed by atoms with Crippen molar-refractivity contribution >= 4 is 23.8 Å². The molecule has 3 heterocycles. The zero-order valence-electron chi connectivity index (χ0n) is 15.1. The van der Waals surface area contributed by atoms with Crippen LogP contribution in [0.2, 0.25) is 0 Å². The van der Waals surface area contributed by atoms with Gasteiger partial charge in [0.2, 0.25) is 5.91 Å². The summed E-state index contributed by atoms with van der Waals surface area (Å²) in [6.45, 7) is 8.31. The van der Waals surface area contributed by atoms with Gasteiger partial charge in [0.1, 0.15) is 5.82 Å². The molecule has 1 saturated heterocycles. The van der Waals surface area contributed by atoms with Crippen molar-refractivity contribution in [1.29, 1.82) is 0 Å². The summed E-state index contributed by atoms with van der Waals surface area (Å²) in [6.07, 6.45) is 5.94. The maximum atomic E-state index is 12.8. The van der Waals surface area contributed by atoms with Crippen molar-refractivity contribution in [1.82, 2.24) is 20.0 Å². The fourth-order valence-electron chi connectivity index (χ4n) is 4.47. The van der Waals surface area contributed by atoms with Crippen LogP contribution in [0.25, 0.3) is 5.52 Å². The zero-order valence-corrected chi connectivity index (χ0v) is 15.9. The maximum absolute atomic E-state index is 12.8. The molecular formula is C19H27ClN4O. The average molecular weight is 363 g/mol. The number of amides is 1. The third-order valence-corrected chi connectivity index (χ3v) is 5.80. The number of aryl methyl sites for hydroxylation is 1. The number of nitrogens with zero attached hydrogens (tertiary/aromatic N) is 2. The van der Waals surface area contributed by atoms with Gasteiger partial charge in [0.15, 0.2) is 0 Å². The summed E-state index contributed by atoms with van der Waals surface area (Å²) in [7, 11) is 0. The number of imidazole rings is 1. The van der Waals surface area contributed by atoms with Gasteiger partial charge in [-0.25, -0.2) is 4.98 Å². The van der Waals surface area contributed by atoms with E-state index in [2.05, 4.69) is 33.0 Å². The number of hydrogen-bond donors (Lipinski definition) is 2. The van der Waals surface area contributed by atoms with E-state index >= 15 is 0 Å². The standard InChI is InChI=1S/C19H26N4O.ClH/c1-12-5-4-6-23-16(12)11-21-18(23)19(2,3)22-17(24)13-7-14-9-20-10-15(14)8-13;/h4-6,11,13-15,20H,7-10H2,1-3H3,(H,22,24);1H/t13?,14-,15+;. The molecule has 0 spiro atoms. The number of carbonyl (C=O) groups is 1. The minimum absolute atomic E-state index is 0. The molecule has 0 radical (unpaired) electrons. The second-order valence-electron chi connectivity index (χ2n) is 7.99. The van der Waals surface area contributed by atoms with Crippen LogP contribution >= 0.6 is 12.4 Å². The number of carbonyl (C=O) groups excluding carboxylic acids is 1. The highest BCUT2D eigenvalue weighted by Crippen LogP contribution is 2.39. The molecule has 3 atom stereocenters. The Kier molecular flexibility index (Phi) is 4.82. The van der Waals surface area contributed by atoms with E-state index in [1.807, 2.05) is 32.3 Å². The van der Waals surface area contributed by atoms with Crippen LogP contribution in [0.3, 0.4) is 0 Å². The third kappa shape index (κ3) is 3.15. The lowest BCUT2D eigenvalue weighted by molar-refractivity contribution is -0.126. The fraction of sp³-hybridized carbons (Fsp3) is 0.579. The van der Waals surface area contributed by atoms with Crippen molar-refractivity contribution in [2.45, 2.75) is 39.2 Å². The molecule has 0 bridgehead atoms. The van der Waals surface area contributed by atoms with Crippen LogP contribution in [0, 0.1) is 24.7 Å². The molecule has 1 saturated carbocycles. The van der Waals surface area contributed by atoms with E-state index in [1.165, 1.54) is 5.56 Å². The van der Waals surface area contributed by atoms with Gasteiger partial charge in [0, 0.05) is 12.1 Å². The predicted octanol–water partition coefficient (Wildman–Crippen LogP) is 2.66. The van der Waals surface area contributed by atoms with Crippen LogP contribution in [0.1, 0.15) is 38.1 Å². The topological polar surface area (TPSA) is 58.4 Å². The van der Waals surface area contributed by atoms with Gasteiger partial charge in [-0.3, -0.25) is 4.79 Å². The summed E-state index contributed by atoms with van der Waals surface area (Å²) < 4.78 is 2.09. The molecule has 25 heavy (non-hydrogen) atoms. The van der Waals surface area contributed by atoms with E-state index in [1.54, 1.807) is 0 Å². The molecule has 136 valence electrons. The van der Waals surface area contributed by atoms with Crippen molar-refractivity contribution in [2.75, 3.05) is 13.1 Å². The number of hydrogen-bond acceptors (Lipinski definition) is 3. The molecule has 4 rings (SSSR count). The molecule has 1 unspecified atom stereocenters. The summed E-state index contributed by atoms with van der Waals surface area (Å²) in [6, 6.07) is 4.11. The third-order valence-electron chi connectivity index (χ3n) is 5.80. The van der Waals surface area contributed by atoms with Gasteiger partial charge in [-0.05, 0) is 70.2 Å². The second kappa shape index (κ2) is 6.61. The Labute approximate surface area is 155 Å². The molecule has 2 aromatic rings. The quantitative estimate of drug-likeness (QED) is 0.882. The normalized spacial score (nSPS) is 25.6. The van der Waals surface area contributed by atoms with E-state index < -0.39 is 5.54 Å². The van der Waals surface area contributed by atoms with Crippen LogP contribution in [0.15, 0.2) is 24.5 Å². The van der Waals surface area contributed by atoms with Gasteiger partial charge >= 0.3 is 0 Å². The zero-order chi connectivity index (χ0) is 16.9. The maximum Gasteiger partial charge on any atom is 0.223 e. The summed E-state index contributed by atoms with van der Waals surface area (Å²) in [5.41, 5.74) is 1.79. The van der Waals surface area contributed by atoms with Gasteiger partial charge < -0.3 is 15.0 Å². The Morgan fingerprint density at radius 1 is 1.32 bits per heavy atom. The second-order valence-corrected chi connectivity index (χ2v) is 7.99. The smallest absolute Gasteiger partial charge is 0.223 e. The fourth-order valence-corrected chi connectivity index (χ4v) is 4.47. The number of pyridine rings is 1. The average Bonchev–Trinajstić information content (AvgIpc) is 3.21. The first-order chi connectivity index (χ1) is 11.5. The Morgan fingerprint density at radius 2 is 2.00 bits per heavy atom. The molecule has 1 aliphatic heterocycles. The Morgan fingerprint density at radius 3 is 2.68 bits per heavy atom. The minimum Gasteiger partial charge on any atom is -0.344 e. The van der Waals surface area contributed by atoms with E-state index in [9.17, 15) is 4.79 Å². The van der Waals surface area contributed by atoms with E-state index in [4.69, 9.17) is 0 Å². The largest absolute Gasteiger partial charge is 0.344 e. The SMILES string of the molecule is Cc1cccn2c(C(C)(C)NC(=O)C3C[C@H]4CNC[C@H]4C3)ncc12.Cl. The van der Waals surface area contributed by atoms with E-state index in [0.717, 1.165) is 37.3 Å². The van der Waals surface area contributed by atoms with E-state index in [0.29, 0.717) is 11.8 Å². The van der Waals surface area contributed by atoms with Crippen molar-refractivity contribution < 1.29 is 4.79 Å². The summed E-state index contributed by atoms with van der Waals surface area (Å²) in [4.78, 5) is 17.4. The summed E-state index contributed by atoms with van der Waals surface area (Å²) >= 11 is 0. The molecule has 2 aromatic heterocycles. The van der Waals surface area contributed by atoms with Gasteiger partial charge in [-0.15, -0.1) is 12.4 Å². The van der Waals surface area contributed by atoms with Crippen LogP contribution in [-0.2, 0) is 10.3 Å². The number of nitrogens with one attached hydrogen (secondary N) is 2. The Bertz CT molecular complexity index is 773. The molecule has 6 heteroatoms. The van der Waals surface area contributed by atoms with Crippen LogP contribution in [0.5, 0.6) is 0 Å². The molecule has 1 aliphatic carbocycles. The molecule has 1 amide bonds. The molecular weight excluding hydrogens is 336 g/mol. The summed E-state index contributed by atoms with van der Waals surface area (Å²) in [5.74, 6) is 2.57. The van der Waals surface area contributed by atoms with Gasteiger partial charge in [0.05, 0.1) is 17.3 Å². The first-order valence-electron chi connectivity index (χ1n) is 8.91. The van der Waals surface area contributed by atoms with Crippen LogP contribution in [-0.4, -0.2) is 28.4 Å². The highest BCUT2D eigenvalue weighted by molar-refractivity contribution is 5.85. The Balaban J connectivity index is 0.00000182. The number of aromatic nitrogens is 2. The molecule has 5 nitrogen and oxygen atoms in total. The molecule has 2 N–H and O–H groups in total. The van der Waals surface area contributed by atoms with Crippen LogP contribution < -0.4 is 10.6 Å². The van der Waals surface area contributed by atoms with Gasteiger partial charge in [0.25, 0.3) is 0 Å². The van der Waals surface area contributed by atoms with Gasteiger partial charge in [-0.2, -0.15) is 0 Å². The molecule has 2 fully saturated rings. The summed E-state index contributed by atoms with van der Waals surface area (Å²) in [5, 5.41) is 6.69. The van der Waals surface area contributed by atoms with E-state index in [-0.39, 0.29) is 24.2 Å². The highest BCUT2D eigenvalue weighted by atomic mass is 35.5. The Hall–Kier alpha value is -1.59. The monoisotopic (exact) mass is 362 g/mol. The number of rotatable bonds is 3. The van der Waals surface area contributed by atoms with Crippen molar-refractivity contribution in [3.63, 3.8) is 0 Å². The number of fused-ring (bicyclic) bond motifs is 2. The van der Waals surface area contributed by atoms with Crippen molar-refractivity contribution in [2.24, 2.45) is 17.8 Å². The minimum atomic E-state index is -0.493. The van der Waals surface area contributed by atoms with Gasteiger partial charge in [-0.1, -0.05) is 6.07 Å². The van der Waals surface area contributed by atoms with Crippen molar-refractivity contribution in [3.05, 3.63) is 35.9 Å². The highest BCUT2D eigenvalue weighted by Gasteiger charge is 2.41.